The van der Waals surface area contributed by atoms with Gasteiger partial charge in [0.05, 0.1) is 25.5 Å². The molecule has 0 aliphatic heterocycles. The van der Waals surface area contributed by atoms with Crippen LogP contribution in [0.5, 0.6) is 11.5 Å². The highest BCUT2D eigenvalue weighted by Gasteiger charge is 2.06. The van der Waals surface area contributed by atoms with Gasteiger partial charge in [-0.25, -0.2) is 0 Å². The number of ketones is 1. The van der Waals surface area contributed by atoms with Crippen LogP contribution in [0, 0.1) is 0 Å². The maximum atomic E-state index is 12.0. The van der Waals surface area contributed by atoms with Gasteiger partial charge in [-0.3, -0.25) is 9.48 Å². The number of hydrogen-bond acceptors (Lipinski definition) is 4. The summed E-state index contributed by atoms with van der Waals surface area (Å²) >= 11 is 0. The molecule has 0 unspecified atom stereocenters. The Labute approximate surface area is 123 Å². The molecule has 5 heteroatoms. The van der Waals surface area contributed by atoms with Crippen LogP contribution in [0.25, 0.3) is 6.08 Å². The van der Waals surface area contributed by atoms with E-state index in [0.29, 0.717) is 23.7 Å². The molecule has 1 aromatic heterocycles. The lowest BCUT2D eigenvalue weighted by atomic mass is 10.1. The second kappa shape index (κ2) is 6.74. The highest BCUT2D eigenvalue weighted by atomic mass is 16.5. The van der Waals surface area contributed by atoms with Crippen molar-refractivity contribution in [3.63, 3.8) is 0 Å². The third kappa shape index (κ3) is 3.72. The molecule has 21 heavy (non-hydrogen) atoms. The molecule has 0 saturated heterocycles. The van der Waals surface area contributed by atoms with Crippen LogP contribution in [0.15, 0.2) is 36.7 Å². The predicted octanol–water partition coefficient (Wildman–Crippen LogP) is 2.72. The van der Waals surface area contributed by atoms with E-state index in [9.17, 15) is 4.79 Å². The van der Waals surface area contributed by atoms with E-state index in [1.54, 1.807) is 37.3 Å². The molecular weight excluding hydrogens is 268 g/mol. The lowest BCUT2D eigenvalue weighted by Gasteiger charge is -2.09. The fraction of sp³-hybridized carbons (Fsp3) is 0.250. The fourth-order valence-corrected chi connectivity index (χ4v) is 1.88. The molecule has 1 aromatic carbocycles. The third-order valence-corrected chi connectivity index (χ3v) is 2.90. The van der Waals surface area contributed by atoms with Crippen LogP contribution in [0.2, 0.25) is 0 Å². The molecule has 110 valence electrons. The minimum Gasteiger partial charge on any atom is -0.493 e. The molecule has 5 nitrogen and oxygen atoms in total. The van der Waals surface area contributed by atoms with E-state index >= 15 is 0 Å². The van der Waals surface area contributed by atoms with Gasteiger partial charge >= 0.3 is 0 Å². The number of hydrogen-bond donors (Lipinski definition) is 0. The maximum absolute atomic E-state index is 12.0. The molecular formula is C16H18N2O3. The van der Waals surface area contributed by atoms with Crippen LogP contribution in [-0.4, -0.2) is 29.3 Å². The second-order valence-corrected chi connectivity index (χ2v) is 4.44. The normalized spacial score (nSPS) is 10.8. The van der Waals surface area contributed by atoms with Crippen molar-refractivity contribution in [2.45, 2.75) is 6.92 Å². The van der Waals surface area contributed by atoms with Crippen molar-refractivity contribution in [2.24, 2.45) is 7.05 Å². The first-order valence-corrected chi connectivity index (χ1v) is 6.66. The summed E-state index contributed by atoms with van der Waals surface area (Å²) in [5, 5.41) is 3.98. The zero-order valence-corrected chi connectivity index (χ0v) is 12.4. The number of methoxy groups -OCH3 is 1. The van der Waals surface area contributed by atoms with Gasteiger partial charge < -0.3 is 9.47 Å². The van der Waals surface area contributed by atoms with E-state index in [1.807, 2.05) is 25.1 Å². The maximum Gasteiger partial charge on any atom is 0.189 e. The highest BCUT2D eigenvalue weighted by Crippen LogP contribution is 2.28. The molecule has 0 atom stereocenters. The number of nitrogens with zero attached hydrogens (tertiary/aromatic N) is 2. The molecule has 0 saturated carbocycles. The zero-order valence-electron chi connectivity index (χ0n) is 12.4. The minimum atomic E-state index is -0.0862. The van der Waals surface area contributed by atoms with Crippen molar-refractivity contribution in [1.29, 1.82) is 0 Å². The van der Waals surface area contributed by atoms with Crippen molar-refractivity contribution in [3.05, 3.63) is 47.8 Å². The topological polar surface area (TPSA) is 53.3 Å². The largest absolute Gasteiger partial charge is 0.493 e. The van der Waals surface area contributed by atoms with Gasteiger partial charge in [-0.2, -0.15) is 5.10 Å². The minimum absolute atomic E-state index is 0.0862. The Morgan fingerprint density at radius 1 is 1.38 bits per heavy atom. The molecule has 0 aliphatic carbocycles. The summed E-state index contributed by atoms with van der Waals surface area (Å²) in [5.41, 5.74) is 1.43. The molecule has 0 spiro atoms. The summed E-state index contributed by atoms with van der Waals surface area (Å²) in [7, 11) is 3.37. The van der Waals surface area contributed by atoms with E-state index in [-0.39, 0.29) is 5.78 Å². The lowest BCUT2D eigenvalue weighted by Crippen LogP contribution is -1.96. The van der Waals surface area contributed by atoms with Crippen LogP contribution in [0.3, 0.4) is 0 Å². The Kier molecular flexibility index (Phi) is 4.77. The summed E-state index contributed by atoms with van der Waals surface area (Å²) in [6.45, 7) is 2.46. The lowest BCUT2D eigenvalue weighted by molar-refractivity contribution is 0.104. The number of ether oxygens (including phenoxy) is 2. The molecule has 0 bridgehead atoms. The van der Waals surface area contributed by atoms with Gasteiger partial charge in [0.1, 0.15) is 0 Å². The van der Waals surface area contributed by atoms with E-state index in [0.717, 1.165) is 5.56 Å². The quantitative estimate of drug-likeness (QED) is 0.605. The van der Waals surface area contributed by atoms with Gasteiger partial charge in [-0.15, -0.1) is 0 Å². The van der Waals surface area contributed by atoms with Crippen LogP contribution in [0.1, 0.15) is 22.8 Å². The fourth-order valence-electron chi connectivity index (χ4n) is 1.88. The van der Waals surface area contributed by atoms with Gasteiger partial charge in [0.2, 0.25) is 0 Å². The molecule has 0 radical (unpaired) electrons. The standard InChI is InChI=1S/C16H18N2O3/c1-4-21-16-9-12(6-8-15(16)20-3)5-7-14(19)13-10-17-18(2)11-13/h5-11H,4H2,1-3H3/b7-5-. The summed E-state index contributed by atoms with van der Waals surface area (Å²) in [5.74, 6) is 1.25. The van der Waals surface area contributed by atoms with Gasteiger partial charge in [0.25, 0.3) is 0 Å². The predicted molar refractivity (Wildman–Crippen MR) is 80.7 cm³/mol. The average molecular weight is 286 g/mol. The second-order valence-electron chi connectivity index (χ2n) is 4.44. The SMILES string of the molecule is CCOc1cc(/C=C\C(=O)c2cnn(C)c2)ccc1OC. The molecule has 1 heterocycles. The number of aromatic nitrogens is 2. The van der Waals surface area contributed by atoms with E-state index in [4.69, 9.17) is 9.47 Å². The van der Waals surface area contributed by atoms with Crippen molar-refractivity contribution in [1.82, 2.24) is 9.78 Å². The number of rotatable bonds is 6. The van der Waals surface area contributed by atoms with Gasteiger partial charge in [-0.1, -0.05) is 12.1 Å². The van der Waals surface area contributed by atoms with Crippen LogP contribution in [-0.2, 0) is 7.05 Å². The summed E-state index contributed by atoms with van der Waals surface area (Å²) in [4.78, 5) is 12.0. The van der Waals surface area contributed by atoms with Gasteiger partial charge in [0, 0.05) is 13.2 Å². The Morgan fingerprint density at radius 2 is 2.19 bits per heavy atom. The Morgan fingerprint density at radius 3 is 2.81 bits per heavy atom. The van der Waals surface area contributed by atoms with Gasteiger partial charge in [0.15, 0.2) is 17.3 Å². The number of allylic oxidation sites excluding steroid dienone is 1. The van der Waals surface area contributed by atoms with E-state index in [1.165, 1.54) is 6.08 Å². The van der Waals surface area contributed by atoms with Gasteiger partial charge in [-0.05, 0) is 30.7 Å². The Bertz CT molecular complexity index is 659. The molecule has 0 amide bonds. The molecule has 0 fully saturated rings. The van der Waals surface area contributed by atoms with Crippen LogP contribution in [0.4, 0.5) is 0 Å². The summed E-state index contributed by atoms with van der Waals surface area (Å²) in [6.07, 6.45) is 6.50. The smallest absolute Gasteiger partial charge is 0.189 e. The molecule has 2 rings (SSSR count). The van der Waals surface area contributed by atoms with Crippen molar-refractivity contribution < 1.29 is 14.3 Å². The molecule has 2 aromatic rings. The number of carbonyl (C=O) groups is 1. The first-order valence-electron chi connectivity index (χ1n) is 6.66. The van der Waals surface area contributed by atoms with Crippen molar-refractivity contribution in [2.75, 3.05) is 13.7 Å². The monoisotopic (exact) mass is 286 g/mol. The number of carbonyl (C=O) groups excluding carboxylic acids is 1. The van der Waals surface area contributed by atoms with Crippen LogP contribution < -0.4 is 9.47 Å². The highest BCUT2D eigenvalue weighted by molar-refractivity contribution is 6.06. The first-order chi connectivity index (χ1) is 10.1. The van der Waals surface area contributed by atoms with Crippen LogP contribution >= 0.6 is 0 Å². The molecule has 0 N–H and O–H groups in total. The van der Waals surface area contributed by atoms with Crippen molar-refractivity contribution >= 4 is 11.9 Å². The first kappa shape index (κ1) is 14.8. The summed E-state index contributed by atoms with van der Waals surface area (Å²) < 4.78 is 12.3. The number of benzene rings is 1. The molecule has 0 aliphatic rings. The third-order valence-electron chi connectivity index (χ3n) is 2.90. The Balaban J connectivity index is 2.17. The number of aryl methyl sites for hydroxylation is 1. The summed E-state index contributed by atoms with van der Waals surface area (Å²) in [6, 6.07) is 5.53. The van der Waals surface area contributed by atoms with E-state index < -0.39 is 0 Å². The van der Waals surface area contributed by atoms with E-state index in [2.05, 4.69) is 5.10 Å². The van der Waals surface area contributed by atoms with Crippen molar-refractivity contribution in [3.8, 4) is 11.5 Å². The zero-order chi connectivity index (χ0) is 15.2. The average Bonchev–Trinajstić information content (AvgIpc) is 2.92. The Hall–Kier alpha value is -2.56.